The average Bonchev–Trinajstić information content (AvgIpc) is 2.87. The Bertz CT molecular complexity index is 434. The van der Waals surface area contributed by atoms with Crippen LogP contribution in [0.2, 0.25) is 0 Å². The van der Waals surface area contributed by atoms with Gasteiger partial charge in [0.25, 0.3) is 0 Å². The van der Waals surface area contributed by atoms with Crippen molar-refractivity contribution in [2.45, 2.75) is 50.4 Å². The zero-order chi connectivity index (χ0) is 13.9. The third-order valence-electron chi connectivity index (χ3n) is 4.02. The Kier molecular flexibility index (Phi) is 4.17. The lowest BCUT2D eigenvalue weighted by Crippen LogP contribution is -2.32. The van der Waals surface area contributed by atoms with E-state index in [4.69, 9.17) is 0 Å². The monoisotopic (exact) mass is 268 g/mol. The van der Waals surface area contributed by atoms with Gasteiger partial charge in [-0.15, -0.1) is 0 Å². The van der Waals surface area contributed by atoms with Gasteiger partial charge in [-0.3, -0.25) is 4.79 Å². The summed E-state index contributed by atoms with van der Waals surface area (Å²) < 4.78 is 24.3. The van der Waals surface area contributed by atoms with E-state index in [2.05, 4.69) is 0 Å². The second-order valence-electron chi connectivity index (χ2n) is 5.22. The molecule has 1 fully saturated rings. The summed E-state index contributed by atoms with van der Waals surface area (Å²) in [7, 11) is 0. The van der Waals surface area contributed by atoms with Crippen LogP contribution >= 0.6 is 0 Å². The van der Waals surface area contributed by atoms with E-state index < -0.39 is 17.8 Å². The highest BCUT2D eigenvalue weighted by Gasteiger charge is 2.42. The number of hydrogen-bond donors (Lipinski definition) is 1. The van der Waals surface area contributed by atoms with Gasteiger partial charge in [-0.05, 0) is 30.4 Å². The molecule has 0 spiro atoms. The summed E-state index contributed by atoms with van der Waals surface area (Å²) in [6, 6.07) is 7.14. The second-order valence-corrected chi connectivity index (χ2v) is 5.22. The highest BCUT2D eigenvalue weighted by atomic mass is 19.3. The molecule has 1 saturated carbocycles. The number of rotatable bonds is 5. The molecule has 0 aromatic heterocycles. The van der Waals surface area contributed by atoms with E-state index in [-0.39, 0.29) is 6.42 Å². The molecule has 1 aromatic rings. The van der Waals surface area contributed by atoms with Gasteiger partial charge in [-0.25, -0.2) is 8.78 Å². The first-order valence-electron chi connectivity index (χ1n) is 6.65. The van der Waals surface area contributed by atoms with Crippen LogP contribution in [-0.2, 0) is 16.6 Å². The lowest BCUT2D eigenvalue weighted by molar-refractivity contribution is -0.143. The molecule has 1 aliphatic rings. The Labute approximate surface area is 111 Å². The van der Waals surface area contributed by atoms with Crippen LogP contribution in [0.5, 0.6) is 0 Å². The summed E-state index contributed by atoms with van der Waals surface area (Å²) in [6.45, 7) is 0. The minimum absolute atomic E-state index is 0.149. The van der Waals surface area contributed by atoms with Gasteiger partial charge in [0.05, 0.1) is 5.41 Å². The van der Waals surface area contributed by atoms with Crippen molar-refractivity contribution >= 4 is 5.97 Å². The SMILES string of the molecule is O=C(O)C1(c2ccc(CCC(F)F)cc2)CCCC1. The molecule has 0 atom stereocenters. The number of benzene rings is 1. The first-order chi connectivity index (χ1) is 9.04. The summed E-state index contributed by atoms with van der Waals surface area (Å²) in [5.74, 6) is -0.773. The van der Waals surface area contributed by atoms with E-state index in [1.807, 2.05) is 0 Å². The topological polar surface area (TPSA) is 37.3 Å². The predicted octanol–water partition coefficient (Wildman–Crippen LogP) is 3.78. The molecule has 1 aromatic carbocycles. The number of carboxylic acid groups (broad SMARTS) is 1. The third-order valence-corrected chi connectivity index (χ3v) is 4.02. The van der Waals surface area contributed by atoms with Gasteiger partial charge in [-0.1, -0.05) is 37.1 Å². The lowest BCUT2D eigenvalue weighted by atomic mass is 9.78. The van der Waals surface area contributed by atoms with Crippen molar-refractivity contribution in [2.75, 3.05) is 0 Å². The smallest absolute Gasteiger partial charge is 0.314 e. The molecule has 1 N–H and O–H groups in total. The van der Waals surface area contributed by atoms with E-state index in [0.29, 0.717) is 19.3 Å². The summed E-state index contributed by atoms with van der Waals surface area (Å²) in [5.41, 5.74) is 0.877. The van der Waals surface area contributed by atoms with Gasteiger partial charge in [0.15, 0.2) is 0 Å². The number of alkyl halides is 2. The van der Waals surface area contributed by atoms with Gasteiger partial charge in [0.1, 0.15) is 0 Å². The number of aryl methyl sites for hydroxylation is 1. The minimum atomic E-state index is -2.29. The van der Waals surface area contributed by atoms with Crippen LogP contribution in [0.25, 0.3) is 0 Å². The number of halogens is 2. The summed E-state index contributed by atoms with van der Waals surface area (Å²) >= 11 is 0. The maximum absolute atomic E-state index is 12.1. The van der Waals surface area contributed by atoms with Crippen LogP contribution in [0.3, 0.4) is 0 Å². The van der Waals surface area contributed by atoms with Gasteiger partial charge in [-0.2, -0.15) is 0 Å². The zero-order valence-corrected chi connectivity index (χ0v) is 10.7. The molecule has 0 aliphatic heterocycles. The molecule has 19 heavy (non-hydrogen) atoms. The molecule has 4 heteroatoms. The van der Waals surface area contributed by atoms with E-state index in [0.717, 1.165) is 24.0 Å². The molecule has 0 bridgehead atoms. The average molecular weight is 268 g/mol. The molecule has 2 rings (SSSR count). The normalized spacial score (nSPS) is 17.8. The predicted molar refractivity (Wildman–Crippen MR) is 68.5 cm³/mol. The van der Waals surface area contributed by atoms with Crippen LogP contribution in [-0.4, -0.2) is 17.5 Å². The fourth-order valence-corrected chi connectivity index (χ4v) is 2.87. The van der Waals surface area contributed by atoms with Crippen LogP contribution < -0.4 is 0 Å². The molecule has 0 unspecified atom stereocenters. The number of hydrogen-bond acceptors (Lipinski definition) is 1. The molecule has 104 valence electrons. The van der Waals surface area contributed by atoms with Gasteiger partial charge < -0.3 is 5.11 Å². The number of carbonyl (C=O) groups is 1. The molecule has 0 heterocycles. The largest absolute Gasteiger partial charge is 0.481 e. The van der Waals surface area contributed by atoms with E-state index in [9.17, 15) is 18.7 Å². The van der Waals surface area contributed by atoms with E-state index >= 15 is 0 Å². The zero-order valence-electron chi connectivity index (χ0n) is 10.7. The molecule has 0 radical (unpaired) electrons. The van der Waals surface area contributed by atoms with Crippen molar-refractivity contribution < 1.29 is 18.7 Å². The van der Waals surface area contributed by atoms with Gasteiger partial charge in [0, 0.05) is 6.42 Å². The van der Waals surface area contributed by atoms with Crippen molar-refractivity contribution in [3.05, 3.63) is 35.4 Å². The third kappa shape index (κ3) is 2.94. The van der Waals surface area contributed by atoms with Crippen molar-refractivity contribution in [3.63, 3.8) is 0 Å². The van der Waals surface area contributed by atoms with Crippen molar-refractivity contribution in [1.29, 1.82) is 0 Å². The quantitative estimate of drug-likeness (QED) is 0.882. The standard InChI is InChI=1S/C15H18F2O2/c16-13(17)8-5-11-3-6-12(7-4-11)15(14(18)19)9-1-2-10-15/h3-4,6-7,13H,1-2,5,8-10H2,(H,18,19). The summed E-state index contributed by atoms with van der Waals surface area (Å²) in [6.07, 6.45) is 1.08. The Hall–Kier alpha value is -1.45. The van der Waals surface area contributed by atoms with Crippen molar-refractivity contribution in [3.8, 4) is 0 Å². The molecular formula is C15H18F2O2. The highest BCUT2D eigenvalue weighted by Crippen LogP contribution is 2.41. The first kappa shape index (κ1) is 14.0. The Morgan fingerprint density at radius 3 is 2.26 bits per heavy atom. The molecule has 0 saturated heterocycles. The van der Waals surface area contributed by atoms with Gasteiger partial charge >= 0.3 is 5.97 Å². The Morgan fingerprint density at radius 1 is 1.21 bits per heavy atom. The number of aliphatic carboxylic acids is 1. The van der Waals surface area contributed by atoms with Crippen LogP contribution in [0.15, 0.2) is 24.3 Å². The fraction of sp³-hybridized carbons (Fsp3) is 0.533. The molecule has 1 aliphatic carbocycles. The van der Waals surface area contributed by atoms with Gasteiger partial charge in [0.2, 0.25) is 6.43 Å². The first-order valence-corrected chi connectivity index (χ1v) is 6.65. The van der Waals surface area contributed by atoms with E-state index in [1.165, 1.54) is 0 Å². The van der Waals surface area contributed by atoms with Crippen LogP contribution in [0, 0.1) is 0 Å². The molecule has 0 amide bonds. The van der Waals surface area contributed by atoms with Crippen molar-refractivity contribution in [2.24, 2.45) is 0 Å². The lowest BCUT2D eigenvalue weighted by Gasteiger charge is -2.24. The number of carboxylic acids is 1. The Balaban J connectivity index is 2.15. The molecule has 2 nitrogen and oxygen atoms in total. The second kappa shape index (κ2) is 5.68. The fourth-order valence-electron chi connectivity index (χ4n) is 2.87. The van der Waals surface area contributed by atoms with E-state index in [1.54, 1.807) is 24.3 Å². The van der Waals surface area contributed by atoms with Crippen LogP contribution in [0.4, 0.5) is 8.78 Å². The summed E-state index contributed by atoms with van der Waals surface area (Å²) in [4.78, 5) is 11.5. The Morgan fingerprint density at radius 2 is 1.79 bits per heavy atom. The van der Waals surface area contributed by atoms with Crippen LogP contribution in [0.1, 0.15) is 43.2 Å². The van der Waals surface area contributed by atoms with Crippen molar-refractivity contribution in [1.82, 2.24) is 0 Å². The minimum Gasteiger partial charge on any atom is -0.481 e. The molecular weight excluding hydrogens is 250 g/mol. The highest BCUT2D eigenvalue weighted by molar-refractivity contribution is 5.81. The maximum atomic E-state index is 12.1. The summed E-state index contributed by atoms with van der Waals surface area (Å²) in [5, 5.41) is 9.46. The maximum Gasteiger partial charge on any atom is 0.314 e.